The van der Waals surface area contributed by atoms with Crippen molar-refractivity contribution in [2.45, 2.75) is 12.5 Å². The Hall–Kier alpha value is -2.61. The molecule has 5 heteroatoms. The third-order valence-corrected chi connectivity index (χ3v) is 2.33. The molecule has 0 aliphatic carbocycles. The Balaban J connectivity index is 2.77. The summed E-state index contributed by atoms with van der Waals surface area (Å²) in [5.41, 5.74) is 5.98. The van der Waals surface area contributed by atoms with E-state index < -0.39 is 17.9 Å². The first-order valence-electron chi connectivity index (χ1n) is 5.29. The van der Waals surface area contributed by atoms with Gasteiger partial charge in [-0.3, -0.25) is 9.59 Å². The number of hydrogen-bond donors (Lipinski definition) is 2. The van der Waals surface area contributed by atoms with Crippen molar-refractivity contribution < 1.29 is 9.59 Å². The van der Waals surface area contributed by atoms with E-state index in [1.165, 1.54) is 30.3 Å². The van der Waals surface area contributed by atoms with E-state index in [2.05, 4.69) is 11.9 Å². The number of nitrogens with two attached hydrogens (primary N) is 1. The fraction of sp³-hybridized carbons (Fsp3) is 0.154. The van der Waals surface area contributed by atoms with Gasteiger partial charge in [-0.15, -0.1) is 6.58 Å². The second-order valence-corrected chi connectivity index (χ2v) is 3.64. The maximum atomic E-state index is 11.8. The van der Waals surface area contributed by atoms with Crippen molar-refractivity contribution in [3.63, 3.8) is 0 Å². The fourth-order valence-electron chi connectivity index (χ4n) is 1.35. The van der Waals surface area contributed by atoms with Gasteiger partial charge in [0, 0.05) is 5.56 Å². The van der Waals surface area contributed by atoms with Crippen LogP contribution in [0.25, 0.3) is 0 Å². The molecule has 0 aromatic heterocycles. The van der Waals surface area contributed by atoms with Gasteiger partial charge in [0.2, 0.25) is 5.91 Å². The summed E-state index contributed by atoms with van der Waals surface area (Å²) in [5, 5.41) is 11.1. The zero-order chi connectivity index (χ0) is 13.5. The molecule has 0 saturated carbocycles. The molecule has 0 saturated heterocycles. The van der Waals surface area contributed by atoms with Crippen LogP contribution in [-0.4, -0.2) is 17.9 Å². The number of benzene rings is 1. The van der Waals surface area contributed by atoms with Crippen molar-refractivity contribution in [2.75, 3.05) is 0 Å². The first-order chi connectivity index (χ1) is 8.58. The summed E-state index contributed by atoms with van der Waals surface area (Å²) in [6, 6.07) is 7.27. The Bertz CT molecular complexity index is 500. The zero-order valence-corrected chi connectivity index (χ0v) is 9.72. The zero-order valence-electron chi connectivity index (χ0n) is 9.72. The van der Waals surface area contributed by atoms with Crippen LogP contribution in [0.2, 0.25) is 0 Å². The number of nitrogens with one attached hydrogen (secondary N) is 1. The Kier molecular flexibility index (Phi) is 4.64. The van der Waals surface area contributed by atoms with Crippen LogP contribution in [-0.2, 0) is 4.79 Å². The van der Waals surface area contributed by atoms with Crippen molar-refractivity contribution >= 4 is 11.8 Å². The van der Waals surface area contributed by atoms with Gasteiger partial charge in [0.15, 0.2) is 0 Å². The maximum absolute atomic E-state index is 11.8. The highest BCUT2D eigenvalue weighted by atomic mass is 16.2. The Morgan fingerprint density at radius 1 is 1.44 bits per heavy atom. The van der Waals surface area contributed by atoms with Crippen LogP contribution >= 0.6 is 0 Å². The largest absolute Gasteiger partial charge is 0.368 e. The minimum atomic E-state index is -0.773. The number of hydrogen-bond acceptors (Lipinski definition) is 3. The summed E-state index contributed by atoms with van der Waals surface area (Å²) in [6.07, 6.45) is 1.78. The number of nitrogens with zero attached hydrogens (tertiary/aromatic N) is 1. The average molecular weight is 243 g/mol. The molecule has 0 heterocycles. The summed E-state index contributed by atoms with van der Waals surface area (Å²) in [7, 11) is 0. The molecule has 5 nitrogen and oxygen atoms in total. The number of rotatable bonds is 5. The molecule has 2 amide bonds. The van der Waals surface area contributed by atoms with Gasteiger partial charge in [0.25, 0.3) is 5.91 Å². The van der Waals surface area contributed by atoms with Crippen LogP contribution in [0.1, 0.15) is 22.3 Å². The molecule has 18 heavy (non-hydrogen) atoms. The molecule has 3 N–H and O–H groups in total. The Labute approximate surface area is 105 Å². The number of amides is 2. The van der Waals surface area contributed by atoms with E-state index in [0.29, 0.717) is 11.1 Å². The highest BCUT2D eigenvalue weighted by molar-refractivity contribution is 5.97. The van der Waals surface area contributed by atoms with Gasteiger partial charge in [-0.05, 0) is 30.7 Å². The third-order valence-electron chi connectivity index (χ3n) is 2.33. The van der Waals surface area contributed by atoms with Crippen LogP contribution < -0.4 is 11.1 Å². The molecule has 0 aliphatic rings. The predicted octanol–water partition coefficient (Wildman–Crippen LogP) is 0.718. The van der Waals surface area contributed by atoms with Gasteiger partial charge >= 0.3 is 0 Å². The minimum absolute atomic E-state index is 0.275. The van der Waals surface area contributed by atoms with Gasteiger partial charge < -0.3 is 11.1 Å². The van der Waals surface area contributed by atoms with Gasteiger partial charge in [0.05, 0.1) is 11.6 Å². The van der Waals surface area contributed by atoms with Crippen molar-refractivity contribution in [3.05, 3.63) is 48.0 Å². The van der Waals surface area contributed by atoms with E-state index in [9.17, 15) is 9.59 Å². The van der Waals surface area contributed by atoms with Crippen molar-refractivity contribution in [3.8, 4) is 6.07 Å². The molecule has 0 radical (unpaired) electrons. The molecule has 0 unspecified atom stereocenters. The molecule has 92 valence electrons. The lowest BCUT2D eigenvalue weighted by molar-refractivity contribution is -0.119. The molecule has 0 aliphatic heterocycles. The van der Waals surface area contributed by atoms with Crippen molar-refractivity contribution in [1.29, 1.82) is 5.26 Å². The molecule has 1 aromatic rings. The minimum Gasteiger partial charge on any atom is -0.368 e. The number of carbonyl (C=O) groups excluding carboxylic acids is 2. The molecule has 0 spiro atoms. The number of nitriles is 1. The van der Waals surface area contributed by atoms with E-state index >= 15 is 0 Å². The average Bonchev–Trinajstić information content (AvgIpc) is 2.38. The van der Waals surface area contributed by atoms with Gasteiger partial charge in [0.1, 0.15) is 6.04 Å². The van der Waals surface area contributed by atoms with Crippen LogP contribution in [0.15, 0.2) is 36.9 Å². The summed E-state index contributed by atoms with van der Waals surface area (Å²) >= 11 is 0. The van der Waals surface area contributed by atoms with E-state index in [-0.39, 0.29) is 6.42 Å². The maximum Gasteiger partial charge on any atom is 0.251 e. The molecule has 1 aromatic carbocycles. The summed E-state index contributed by atoms with van der Waals surface area (Å²) in [5.74, 6) is -1.03. The summed E-state index contributed by atoms with van der Waals surface area (Å²) in [4.78, 5) is 22.9. The van der Waals surface area contributed by atoms with Crippen LogP contribution in [0, 0.1) is 11.3 Å². The number of carbonyl (C=O) groups is 2. The first-order valence-corrected chi connectivity index (χ1v) is 5.29. The Morgan fingerprint density at radius 3 is 2.50 bits per heavy atom. The second-order valence-electron chi connectivity index (χ2n) is 3.64. The molecule has 0 fully saturated rings. The third kappa shape index (κ3) is 3.46. The number of primary amides is 1. The topological polar surface area (TPSA) is 96.0 Å². The SMILES string of the molecule is C=CC[C@@H](NC(=O)c1ccc(C#N)cc1)C(N)=O. The smallest absolute Gasteiger partial charge is 0.251 e. The lowest BCUT2D eigenvalue weighted by Gasteiger charge is -2.13. The summed E-state index contributed by atoms with van der Waals surface area (Å²) in [6.45, 7) is 3.49. The van der Waals surface area contributed by atoms with Crippen LogP contribution in [0.3, 0.4) is 0 Å². The quantitative estimate of drug-likeness (QED) is 0.746. The molecule has 1 atom stereocenters. The second kappa shape index (κ2) is 6.21. The van der Waals surface area contributed by atoms with Crippen molar-refractivity contribution in [2.24, 2.45) is 5.73 Å². The standard InChI is InChI=1S/C13H13N3O2/c1-2-3-11(12(15)17)16-13(18)10-6-4-9(8-14)5-7-10/h2,4-7,11H,1,3H2,(H2,15,17)(H,16,18)/t11-/m1/s1. The monoisotopic (exact) mass is 243 g/mol. The molecular formula is C13H13N3O2. The predicted molar refractivity (Wildman–Crippen MR) is 66.4 cm³/mol. The van der Waals surface area contributed by atoms with E-state index in [4.69, 9.17) is 11.0 Å². The molecular weight excluding hydrogens is 230 g/mol. The van der Waals surface area contributed by atoms with Crippen LogP contribution in [0.5, 0.6) is 0 Å². The Morgan fingerprint density at radius 2 is 2.06 bits per heavy atom. The lowest BCUT2D eigenvalue weighted by atomic mass is 10.1. The van der Waals surface area contributed by atoms with Gasteiger partial charge in [-0.25, -0.2) is 0 Å². The van der Waals surface area contributed by atoms with Gasteiger partial charge in [-0.2, -0.15) is 5.26 Å². The first kappa shape index (κ1) is 13.5. The molecule has 0 bridgehead atoms. The van der Waals surface area contributed by atoms with Gasteiger partial charge in [-0.1, -0.05) is 6.08 Å². The fourth-order valence-corrected chi connectivity index (χ4v) is 1.35. The van der Waals surface area contributed by atoms with E-state index in [1.807, 2.05) is 6.07 Å². The lowest BCUT2D eigenvalue weighted by Crippen LogP contribution is -2.44. The van der Waals surface area contributed by atoms with E-state index in [1.54, 1.807) is 0 Å². The highest BCUT2D eigenvalue weighted by Crippen LogP contribution is 2.04. The van der Waals surface area contributed by atoms with Crippen molar-refractivity contribution in [1.82, 2.24) is 5.32 Å². The summed E-state index contributed by atoms with van der Waals surface area (Å²) < 4.78 is 0. The highest BCUT2D eigenvalue weighted by Gasteiger charge is 2.17. The van der Waals surface area contributed by atoms with E-state index in [0.717, 1.165) is 0 Å². The molecule has 1 rings (SSSR count). The van der Waals surface area contributed by atoms with Crippen LogP contribution in [0.4, 0.5) is 0 Å². The normalized spacial score (nSPS) is 11.1.